The summed E-state index contributed by atoms with van der Waals surface area (Å²) in [6, 6.07) is 7.32. The Balaban J connectivity index is 1.42. The number of halogens is 1. The lowest BCUT2D eigenvalue weighted by atomic mass is 10.0. The molecule has 1 amide bonds. The zero-order valence-electron chi connectivity index (χ0n) is 14.9. The molecule has 1 aromatic heterocycles. The molecule has 0 radical (unpaired) electrons. The molecule has 1 aromatic carbocycles. The quantitative estimate of drug-likeness (QED) is 0.917. The van der Waals surface area contributed by atoms with E-state index in [-0.39, 0.29) is 23.7 Å². The predicted octanol–water partition coefficient (Wildman–Crippen LogP) is 3.09. The number of benzene rings is 1. The number of carbonyl (C=O) groups is 1. The van der Waals surface area contributed by atoms with Gasteiger partial charge in [0.25, 0.3) is 0 Å². The number of aryl methyl sites for hydroxylation is 1. The molecule has 4 rings (SSSR count). The van der Waals surface area contributed by atoms with Gasteiger partial charge in [0, 0.05) is 36.7 Å². The van der Waals surface area contributed by atoms with Crippen molar-refractivity contribution >= 4 is 11.7 Å². The van der Waals surface area contributed by atoms with Gasteiger partial charge >= 0.3 is 0 Å². The third-order valence-electron chi connectivity index (χ3n) is 5.23. The smallest absolute Gasteiger partial charge is 0.223 e. The molecule has 6 heteroatoms. The van der Waals surface area contributed by atoms with Crippen LogP contribution in [0.2, 0.25) is 0 Å². The first-order valence-electron chi connectivity index (χ1n) is 9.24. The molecule has 2 aliphatic rings. The Morgan fingerprint density at radius 2 is 1.92 bits per heavy atom. The monoisotopic (exact) mass is 354 g/mol. The summed E-state index contributed by atoms with van der Waals surface area (Å²) in [5.41, 5.74) is 2.10. The number of carbonyl (C=O) groups excluding carboxylic acids is 1. The molecule has 1 saturated heterocycles. The van der Waals surface area contributed by atoms with Gasteiger partial charge < -0.3 is 10.2 Å². The molecule has 136 valence electrons. The average Bonchev–Trinajstić information content (AvgIpc) is 3.50. The van der Waals surface area contributed by atoms with E-state index in [9.17, 15) is 9.18 Å². The lowest BCUT2D eigenvalue weighted by Crippen LogP contribution is -2.45. The van der Waals surface area contributed by atoms with E-state index < -0.39 is 0 Å². The van der Waals surface area contributed by atoms with Gasteiger partial charge in [-0.05, 0) is 44.2 Å². The summed E-state index contributed by atoms with van der Waals surface area (Å²) in [4.78, 5) is 22.8. The van der Waals surface area contributed by atoms with Crippen molar-refractivity contribution in [2.24, 2.45) is 5.92 Å². The van der Waals surface area contributed by atoms with Crippen molar-refractivity contribution in [3.05, 3.63) is 42.0 Å². The number of rotatable bonds is 4. The van der Waals surface area contributed by atoms with Crippen LogP contribution in [-0.2, 0) is 4.79 Å². The number of nitrogens with one attached hydrogen (secondary N) is 1. The molecule has 26 heavy (non-hydrogen) atoms. The van der Waals surface area contributed by atoms with Crippen LogP contribution in [-0.4, -0.2) is 35.0 Å². The number of piperidine rings is 1. The first-order chi connectivity index (χ1) is 12.6. The summed E-state index contributed by atoms with van der Waals surface area (Å²) in [5.74, 6) is 1.10. The molecule has 1 saturated carbocycles. The summed E-state index contributed by atoms with van der Waals surface area (Å²) in [5, 5.41) is 3.16. The molecule has 2 fully saturated rings. The molecular weight excluding hydrogens is 331 g/mol. The lowest BCUT2D eigenvalue weighted by molar-refractivity contribution is -0.123. The molecule has 0 bridgehead atoms. The fraction of sp³-hybridized carbons (Fsp3) is 0.450. The SMILES string of the molecule is Cc1ccc(-c2cc(N3CCC(NC(=O)C4CC4)CC3)ncn2)cc1F. The maximum atomic E-state index is 13.8. The van der Waals surface area contributed by atoms with Crippen molar-refractivity contribution in [2.45, 2.75) is 38.6 Å². The molecule has 0 unspecified atom stereocenters. The van der Waals surface area contributed by atoms with Gasteiger partial charge in [-0.15, -0.1) is 0 Å². The van der Waals surface area contributed by atoms with Gasteiger partial charge in [0.05, 0.1) is 5.69 Å². The second kappa shape index (κ2) is 7.02. The van der Waals surface area contributed by atoms with Crippen LogP contribution in [0, 0.1) is 18.7 Å². The minimum atomic E-state index is -0.227. The van der Waals surface area contributed by atoms with Gasteiger partial charge in [0.1, 0.15) is 18.0 Å². The molecule has 2 aromatic rings. The topological polar surface area (TPSA) is 58.1 Å². The molecule has 2 heterocycles. The molecule has 1 N–H and O–H groups in total. The van der Waals surface area contributed by atoms with E-state index in [1.54, 1.807) is 13.0 Å². The minimum absolute atomic E-state index is 0.217. The minimum Gasteiger partial charge on any atom is -0.356 e. The number of hydrogen-bond donors (Lipinski definition) is 1. The van der Waals surface area contributed by atoms with Gasteiger partial charge in [-0.25, -0.2) is 14.4 Å². The summed E-state index contributed by atoms with van der Waals surface area (Å²) in [6.07, 6.45) is 5.43. The van der Waals surface area contributed by atoms with E-state index in [1.807, 2.05) is 12.1 Å². The van der Waals surface area contributed by atoms with Gasteiger partial charge in [-0.3, -0.25) is 4.79 Å². The second-order valence-electron chi connectivity index (χ2n) is 7.27. The van der Waals surface area contributed by atoms with Gasteiger partial charge in [0.2, 0.25) is 5.91 Å². The highest BCUT2D eigenvalue weighted by molar-refractivity contribution is 5.81. The van der Waals surface area contributed by atoms with Crippen molar-refractivity contribution < 1.29 is 9.18 Å². The van der Waals surface area contributed by atoms with Crippen LogP contribution in [0.25, 0.3) is 11.3 Å². The van der Waals surface area contributed by atoms with Gasteiger partial charge in [-0.2, -0.15) is 0 Å². The number of nitrogens with zero attached hydrogens (tertiary/aromatic N) is 3. The fourth-order valence-electron chi connectivity index (χ4n) is 3.35. The highest BCUT2D eigenvalue weighted by Gasteiger charge is 2.31. The number of amides is 1. The number of aromatic nitrogens is 2. The summed E-state index contributed by atoms with van der Waals surface area (Å²) >= 11 is 0. The molecule has 5 nitrogen and oxygen atoms in total. The Morgan fingerprint density at radius 1 is 1.15 bits per heavy atom. The summed E-state index contributed by atoms with van der Waals surface area (Å²) in [7, 11) is 0. The summed E-state index contributed by atoms with van der Waals surface area (Å²) < 4.78 is 13.8. The molecular formula is C20H23FN4O. The highest BCUT2D eigenvalue weighted by atomic mass is 19.1. The van der Waals surface area contributed by atoms with E-state index in [0.29, 0.717) is 5.56 Å². The lowest BCUT2D eigenvalue weighted by Gasteiger charge is -2.33. The second-order valence-corrected chi connectivity index (χ2v) is 7.27. The fourth-order valence-corrected chi connectivity index (χ4v) is 3.35. The van der Waals surface area contributed by atoms with Crippen LogP contribution in [0.3, 0.4) is 0 Å². The van der Waals surface area contributed by atoms with E-state index in [0.717, 1.165) is 55.8 Å². The standard InChI is InChI=1S/C20H23FN4O/c1-13-2-3-15(10-17(13)21)18-11-19(23-12-22-18)25-8-6-16(7-9-25)24-20(26)14-4-5-14/h2-3,10-12,14,16H,4-9H2,1H3,(H,24,26). The Hall–Kier alpha value is -2.50. The largest absolute Gasteiger partial charge is 0.356 e. The predicted molar refractivity (Wildman–Crippen MR) is 98.3 cm³/mol. The first kappa shape index (κ1) is 16.9. The first-order valence-corrected chi connectivity index (χ1v) is 9.24. The van der Waals surface area contributed by atoms with Crippen molar-refractivity contribution in [3.8, 4) is 11.3 Å². The van der Waals surface area contributed by atoms with Crippen LogP contribution in [0.15, 0.2) is 30.6 Å². The van der Waals surface area contributed by atoms with Crippen LogP contribution in [0.5, 0.6) is 0 Å². The molecule has 0 atom stereocenters. The Morgan fingerprint density at radius 3 is 2.62 bits per heavy atom. The molecule has 1 aliphatic heterocycles. The van der Waals surface area contributed by atoms with Crippen LogP contribution < -0.4 is 10.2 Å². The Bertz CT molecular complexity index is 813. The van der Waals surface area contributed by atoms with Crippen LogP contribution in [0.1, 0.15) is 31.2 Å². The normalized spacial score (nSPS) is 18.0. The maximum absolute atomic E-state index is 13.8. The molecule has 1 aliphatic carbocycles. The van der Waals surface area contributed by atoms with Crippen molar-refractivity contribution in [3.63, 3.8) is 0 Å². The zero-order chi connectivity index (χ0) is 18.1. The van der Waals surface area contributed by atoms with Gasteiger partial charge in [0.15, 0.2) is 0 Å². The number of anilines is 1. The Kier molecular flexibility index (Phi) is 4.57. The van der Waals surface area contributed by atoms with Crippen molar-refractivity contribution in [1.29, 1.82) is 0 Å². The van der Waals surface area contributed by atoms with E-state index in [2.05, 4.69) is 20.2 Å². The van der Waals surface area contributed by atoms with Crippen molar-refractivity contribution in [2.75, 3.05) is 18.0 Å². The third-order valence-corrected chi connectivity index (χ3v) is 5.23. The maximum Gasteiger partial charge on any atom is 0.223 e. The van der Waals surface area contributed by atoms with E-state index >= 15 is 0 Å². The van der Waals surface area contributed by atoms with E-state index in [4.69, 9.17) is 0 Å². The van der Waals surface area contributed by atoms with Crippen LogP contribution in [0.4, 0.5) is 10.2 Å². The zero-order valence-corrected chi connectivity index (χ0v) is 14.9. The Labute approximate surface area is 152 Å². The van der Waals surface area contributed by atoms with Gasteiger partial charge in [-0.1, -0.05) is 12.1 Å². The summed E-state index contributed by atoms with van der Waals surface area (Å²) in [6.45, 7) is 3.43. The number of hydrogen-bond acceptors (Lipinski definition) is 4. The van der Waals surface area contributed by atoms with E-state index in [1.165, 1.54) is 12.4 Å². The highest BCUT2D eigenvalue weighted by Crippen LogP contribution is 2.29. The van der Waals surface area contributed by atoms with Crippen LogP contribution >= 0.6 is 0 Å². The third kappa shape index (κ3) is 3.69. The molecule has 0 spiro atoms. The average molecular weight is 354 g/mol. The van der Waals surface area contributed by atoms with Crippen molar-refractivity contribution in [1.82, 2.24) is 15.3 Å².